The van der Waals surface area contributed by atoms with Crippen LogP contribution in [0.25, 0.3) is 5.82 Å². The summed E-state index contributed by atoms with van der Waals surface area (Å²) in [6.07, 6.45) is -8.04. The van der Waals surface area contributed by atoms with Gasteiger partial charge in [0.2, 0.25) is 10.0 Å². The zero-order valence-corrected chi connectivity index (χ0v) is 20.8. The van der Waals surface area contributed by atoms with E-state index in [1.165, 1.54) is 23.4 Å². The van der Waals surface area contributed by atoms with Crippen LogP contribution in [0.2, 0.25) is 0 Å². The number of hydrogen-bond donors (Lipinski definition) is 1. The molecule has 1 amide bonds. The van der Waals surface area contributed by atoms with E-state index in [2.05, 4.69) is 20.4 Å². The van der Waals surface area contributed by atoms with Gasteiger partial charge in [0.15, 0.2) is 11.6 Å². The number of benzene rings is 1. The molecule has 0 aliphatic carbocycles. The molecule has 210 valence electrons. The minimum absolute atomic E-state index is 0.0302. The van der Waals surface area contributed by atoms with E-state index in [-0.39, 0.29) is 48.9 Å². The van der Waals surface area contributed by atoms with E-state index in [4.69, 9.17) is 4.74 Å². The highest BCUT2D eigenvalue weighted by Crippen LogP contribution is 2.36. The second kappa shape index (κ2) is 10.5. The lowest BCUT2D eigenvalue weighted by Gasteiger charge is -2.25. The zero-order chi connectivity index (χ0) is 28.6. The standard InChI is InChI=1S/C22H20F6N6O4S/c1-13(32-20(35)14-8-15(21(23,24)25)10-16(9-14)22(26,27)28)19-30-12-31-34(19)18-3-2-17(11-29-18)39(36,37)33-4-6-38-7-5-33/h2-3,8-13H,4-7H2,1H3,(H,32,35). The number of amides is 1. The minimum Gasteiger partial charge on any atom is -0.379 e. The molecule has 3 heterocycles. The van der Waals surface area contributed by atoms with E-state index < -0.39 is 51.0 Å². The van der Waals surface area contributed by atoms with Crippen molar-refractivity contribution in [1.29, 1.82) is 0 Å². The normalized spacial score (nSPS) is 16.2. The van der Waals surface area contributed by atoms with Crippen LogP contribution in [0.5, 0.6) is 0 Å². The predicted octanol–water partition coefficient (Wildman–Crippen LogP) is 3.21. The summed E-state index contributed by atoms with van der Waals surface area (Å²) in [6, 6.07) is 2.13. The first-order chi connectivity index (χ1) is 18.2. The molecule has 3 aromatic rings. The van der Waals surface area contributed by atoms with Crippen LogP contribution < -0.4 is 5.32 Å². The molecule has 17 heteroatoms. The summed E-state index contributed by atoms with van der Waals surface area (Å²) in [5.74, 6) is -1.08. The Kier molecular flexibility index (Phi) is 7.68. The quantitative estimate of drug-likeness (QED) is 0.446. The number of nitrogens with zero attached hydrogens (tertiary/aromatic N) is 5. The van der Waals surface area contributed by atoms with Crippen molar-refractivity contribution < 1.29 is 44.3 Å². The molecule has 2 aromatic heterocycles. The number of ether oxygens (including phenoxy) is 1. The number of morpholine rings is 1. The summed E-state index contributed by atoms with van der Waals surface area (Å²) in [5.41, 5.74) is -4.12. The van der Waals surface area contributed by atoms with Gasteiger partial charge >= 0.3 is 12.4 Å². The van der Waals surface area contributed by atoms with Crippen molar-refractivity contribution in [3.63, 3.8) is 0 Å². The first kappa shape index (κ1) is 28.4. The van der Waals surface area contributed by atoms with Gasteiger partial charge in [0.05, 0.1) is 30.4 Å². The van der Waals surface area contributed by atoms with Crippen molar-refractivity contribution in [2.24, 2.45) is 0 Å². The number of alkyl halides is 6. The second-order valence-corrected chi connectivity index (χ2v) is 10.3. The average molecular weight is 578 g/mol. The van der Waals surface area contributed by atoms with Gasteiger partial charge in [0.25, 0.3) is 5.91 Å². The Balaban J connectivity index is 1.56. The third-order valence-electron chi connectivity index (χ3n) is 5.70. The van der Waals surface area contributed by atoms with Crippen molar-refractivity contribution in [3.05, 3.63) is 65.4 Å². The molecule has 0 bridgehead atoms. The second-order valence-electron chi connectivity index (χ2n) is 8.39. The van der Waals surface area contributed by atoms with E-state index in [1.54, 1.807) is 0 Å². The number of nitrogens with one attached hydrogen (secondary N) is 1. The number of rotatable bonds is 6. The van der Waals surface area contributed by atoms with Gasteiger partial charge in [-0.25, -0.2) is 18.4 Å². The minimum atomic E-state index is -5.12. The van der Waals surface area contributed by atoms with Crippen molar-refractivity contribution in [3.8, 4) is 5.82 Å². The Morgan fingerprint density at radius 2 is 1.62 bits per heavy atom. The molecule has 39 heavy (non-hydrogen) atoms. The van der Waals surface area contributed by atoms with E-state index in [9.17, 15) is 39.6 Å². The fourth-order valence-corrected chi connectivity index (χ4v) is 5.09. The average Bonchev–Trinajstić information content (AvgIpc) is 3.38. The molecule has 4 rings (SSSR count). The van der Waals surface area contributed by atoms with Gasteiger partial charge < -0.3 is 10.1 Å². The summed E-state index contributed by atoms with van der Waals surface area (Å²) < 4.78 is 112. The smallest absolute Gasteiger partial charge is 0.379 e. The van der Waals surface area contributed by atoms with Crippen LogP contribution in [0.15, 0.2) is 47.8 Å². The maximum Gasteiger partial charge on any atom is 0.416 e. The summed E-state index contributed by atoms with van der Waals surface area (Å²) in [4.78, 5) is 20.7. The lowest BCUT2D eigenvalue weighted by molar-refractivity contribution is -0.143. The Labute approximate surface area is 217 Å². The van der Waals surface area contributed by atoms with Gasteiger partial charge in [-0.05, 0) is 37.3 Å². The Bertz CT molecular complexity index is 1420. The summed E-state index contributed by atoms with van der Waals surface area (Å²) in [6.45, 7) is 2.27. The molecular weight excluding hydrogens is 558 g/mol. The summed E-state index contributed by atoms with van der Waals surface area (Å²) >= 11 is 0. The van der Waals surface area contributed by atoms with Crippen LogP contribution in [-0.2, 0) is 27.1 Å². The van der Waals surface area contributed by atoms with Crippen LogP contribution in [0.1, 0.15) is 40.3 Å². The molecule has 1 fully saturated rings. The highest BCUT2D eigenvalue weighted by molar-refractivity contribution is 7.89. The van der Waals surface area contributed by atoms with E-state index >= 15 is 0 Å². The lowest BCUT2D eigenvalue weighted by Crippen LogP contribution is -2.40. The monoisotopic (exact) mass is 578 g/mol. The van der Waals surface area contributed by atoms with Crippen LogP contribution in [0, 0.1) is 0 Å². The largest absolute Gasteiger partial charge is 0.416 e. The van der Waals surface area contributed by atoms with Gasteiger partial charge in [-0.15, -0.1) is 0 Å². The molecule has 1 aliphatic heterocycles. The molecule has 1 aliphatic rings. The Morgan fingerprint density at radius 1 is 1.00 bits per heavy atom. The molecule has 1 unspecified atom stereocenters. The maximum absolute atomic E-state index is 13.2. The molecule has 1 N–H and O–H groups in total. The van der Waals surface area contributed by atoms with E-state index in [0.29, 0.717) is 12.1 Å². The van der Waals surface area contributed by atoms with Crippen molar-refractivity contribution in [1.82, 2.24) is 29.4 Å². The molecule has 10 nitrogen and oxygen atoms in total. The first-order valence-corrected chi connectivity index (χ1v) is 12.7. The third kappa shape index (κ3) is 6.20. The van der Waals surface area contributed by atoms with Crippen LogP contribution in [-0.4, -0.2) is 64.7 Å². The fraction of sp³-hybridized carbons (Fsp3) is 0.364. The first-order valence-electron chi connectivity index (χ1n) is 11.2. The van der Waals surface area contributed by atoms with E-state index in [1.807, 2.05) is 0 Å². The van der Waals surface area contributed by atoms with Crippen LogP contribution in [0.3, 0.4) is 0 Å². The van der Waals surface area contributed by atoms with Crippen molar-refractivity contribution in [2.45, 2.75) is 30.2 Å². The highest BCUT2D eigenvalue weighted by Gasteiger charge is 2.37. The highest BCUT2D eigenvalue weighted by atomic mass is 32.2. The lowest BCUT2D eigenvalue weighted by atomic mass is 10.0. The summed E-state index contributed by atoms with van der Waals surface area (Å²) in [5, 5.41) is 6.29. The molecule has 1 saturated heterocycles. The number of pyridine rings is 1. The van der Waals surface area contributed by atoms with E-state index in [0.717, 1.165) is 17.2 Å². The van der Waals surface area contributed by atoms with Gasteiger partial charge in [-0.1, -0.05) is 0 Å². The Morgan fingerprint density at radius 3 is 2.15 bits per heavy atom. The zero-order valence-electron chi connectivity index (χ0n) is 20.0. The number of carbonyl (C=O) groups is 1. The van der Waals surface area contributed by atoms with Gasteiger partial charge in [0, 0.05) is 24.8 Å². The molecular formula is C22H20F6N6O4S. The number of carbonyl (C=O) groups excluding carboxylic acids is 1. The molecule has 1 atom stereocenters. The maximum atomic E-state index is 13.2. The van der Waals surface area contributed by atoms with Crippen molar-refractivity contribution in [2.75, 3.05) is 26.3 Å². The number of hydrogen-bond acceptors (Lipinski definition) is 7. The Hall–Kier alpha value is -3.57. The molecule has 0 radical (unpaired) electrons. The molecule has 1 aromatic carbocycles. The predicted molar refractivity (Wildman–Crippen MR) is 121 cm³/mol. The van der Waals surface area contributed by atoms with Crippen LogP contribution in [0.4, 0.5) is 26.3 Å². The molecule has 0 saturated carbocycles. The van der Waals surface area contributed by atoms with Crippen molar-refractivity contribution >= 4 is 15.9 Å². The summed E-state index contributed by atoms with van der Waals surface area (Å²) in [7, 11) is -3.82. The van der Waals surface area contributed by atoms with Gasteiger partial charge in [-0.2, -0.15) is 40.4 Å². The number of sulfonamides is 1. The molecule has 0 spiro atoms. The number of halogens is 6. The van der Waals surface area contributed by atoms with Crippen LogP contribution >= 0.6 is 0 Å². The van der Waals surface area contributed by atoms with Gasteiger partial charge in [0.1, 0.15) is 11.2 Å². The topological polar surface area (TPSA) is 119 Å². The van der Waals surface area contributed by atoms with Gasteiger partial charge in [-0.3, -0.25) is 4.79 Å². The number of aromatic nitrogens is 4. The SMILES string of the molecule is CC(NC(=O)c1cc(C(F)(F)F)cc(C(F)(F)F)c1)c1ncnn1-c1ccc(S(=O)(=O)N2CCOCC2)cn1. The third-order valence-corrected chi connectivity index (χ3v) is 7.59. The fourth-order valence-electron chi connectivity index (χ4n) is 3.74.